The van der Waals surface area contributed by atoms with Crippen LogP contribution in [0.25, 0.3) is 0 Å². The maximum atomic E-state index is 12.4. The topological polar surface area (TPSA) is 140 Å². The highest BCUT2D eigenvalue weighted by atomic mass is 19.4. The number of nitrogens with zero attached hydrogens (tertiary/aromatic N) is 4. The van der Waals surface area contributed by atoms with E-state index in [-0.39, 0.29) is 30.1 Å². The van der Waals surface area contributed by atoms with Crippen molar-refractivity contribution in [3.05, 3.63) is 70.4 Å². The minimum absolute atomic E-state index is 0.153. The molecule has 14 heteroatoms. The Kier molecular flexibility index (Phi) is 10.5. The average molecular weight is 588 g/mol. The van der Waals surface area contributed by atoms with Crippen LogP contribution in [0.5, 0.6) is 5.75 Å². The van der Waals surface area contributed by atoms with E-state index >= 15 is 0 Å². The van der Waals surface area contributed by atoms with Gasteiger partial charge in [0.15, 0.2) is 5.82 Å². The summed E-state index contributed by atoms with van der Waals surface area (Å²) >= 11 is 0. The van der Waals surface area contributed by atoms with Crippen LogP contribution in [0.3, 0.4) is 0 Å². The second-order valence-electron chi connectivity index (χ2n) is 10.0. The fourth-order valence-electron chi connectivity index (χ4n) is 4.63. The number of anilines is 2. The van der Waals surface area contributed by atoms with E-state index < -0.39 is 23.7 Å². The van der Waals surface area contributed by atoms with Gasteiger partial charge in [0.1, 0.15) is 11.6 Å². The van der Waals surface area contributed by atoms with Gasteiger partial charge in [-0.05, 0) is 68.0 Å². The fraction of sp³-hybridized carbons (Fsp3) is 0.429. The van der Waals surface area contributed by atoms with E-state index in [1.165, 1.54) is 23.1 Å². The number of amides is 3. The number of alkyl halides is 3. The molecule has 0 radical (unpaired) electrons. The van der Waals surface area contributed by atoms with Crippen LogP contribution in [0, 0.1) is 0 Å². The molecule has 1 aromatic carbocycles. The zero-order valence-corrected chi connectivity index (χ0v) is 22.8. The Bertz CT molecular complexity index is 1410. The number of carbonyl (C=O) groups is 2. The smallest absolute Gasteiger partial charge is 0.406 e. The molecule has 0 atom stereocenters. The van der Waals surface area contributed by atoms with Crippen LogP contribution in [0.15, 0.2) is 53.5 Å². The van der Waals surface area contributed by atoms with Gasteiger partial charge in [-0.3, -0.25) is 14.7 Å². The lowest BCUT2D eigenvalue weighted by Crippen LogP contribution is -2.39. The molecule has 4 rings (SSSR count). The SMILES string of the molecule is O=C(Cc1cccc(OC(F)(F)F)c1)Nc1ccc(CCCCn2ccc(NC(=O)NC3CCCCC3)nc2=O)nn1. The van der Waals surface area contributed by atoms with Crippen LogP contribution in [0.1, 0.15) is 56.2 Å². The molecule has 0 unspecified atom stereocenters. The number of unbranched alkanes of at least 4 members (excludes halogenated alkanes) is 1. The first-order chi connectivity index (χ1) is 20.1. The van der Waals surface area contributed by atoms with Crippen molar-refractivity contribution in [1.29, 1.82) is 0 Å². The predicted octanol–water partition coefficient (Wildman–Crippen LogP) is 4.59. The Balaban J connectivity index is 1.17. The van der Waals surface area contributed by atoms with Crippen LogP contribution in [-0.2, 0) is 24.2 Å². The van der Waals surface area contributed by atoms with Gasteiger partial charge in [-0.1, -0.05) is 31.4 Å². The molecule has 0 aliphatic heterocycles. The highest BCUT2D eigenvalue weighted by Gasteiger charge is 2.31. The fourth-order valence-corrected chi connectivity index (χ4v) is 4.63. The first-order valence-electron chi connectivity index (χ1n) is 13.7. The van der Waals surface area contributed by atoms with Crippen LogP contribution in [0.2, 0.25) is 0 Å². The van der Waals surface area contributed by atoms with Crippen molar-refractivity contribution in [2.24, 2.45) is 0 Å². The third-order valence-corrected chi connectivity index (χ3v) is 6.62. The van der Waals surface area contributed by atoms with Crippen LogP contribution >= 0.6 is 0 Å². The number of aromatic nitrogens is 4. The summed E-state index contributed by atoms with van der Waals surface area (Å²) in [6.45, 7) is 0.442. The van der Waals surface area contributed by atoms with Crippen molar-refractivity contribution >= 4 is 23.6 Å². The molecule has 3 N–H and O–H groups in total. The number of ether oxygens (including phenoxy) is 1. The molecule has 224 valence electrons. The summed E-state index contributed by atoms with van der Waals surface area (Å²) in [5.74, 6) is -0.450. The van der Waals surface area contributed by atoms with Gasteiger partial charge in [0, 0.05) is 18.8 Å². The van der Waals surface area contributed by atoms with Crippen LogP contribution < -0.4 is 26.4 Å². The second-order valence-corrected chi connectivity index (χ2v) is 10.0. The van der Waals surface area contributed by atoms with Crippen molar-refractivity contribution in [3.8, 4) is 5.75 Å². The molecule has 0 spiro atoms. The Labute approximate surface area is 239 Å². The molecule has 1 aliphatic rings. The molecule has 0 saturated heterocycles. The highest BCUT2D eigenvalue weighted by molar-refractivity contribution is 5.91. The van der Waals surface area contributed by atoms with Crippen molar-refractivity contribution in [2.45, 2.75) is 76.7 Å². The maximum absolute atomic E-state index is 12.4. The molecule has 3 aromatic rings. The van der Waals surface area contributed by atoms with E-state index in [9.17, 15) is 27.6 Å². The number of halogens is 3. The standard InChI is InChI=1S/C28H32F3N7O4/c29-28(30,31)42-22-11-6-7-19(17-22)18-25(39)33-24-13-12-21(36-37-24)10-4-5-15-38-16-14-23(35-27(38)41)34-26(40)32-20-8-2-1-3-9-20/h6-7,11-14,16-17,20H,1-5,8-10,15,18H2,(H,33,37,39)(H2,32,34,35,40,41). The average Bonchev–Trinajstić information content (AvgIpc) is 2.92. The first kappa shape index (κ1) is 30.5. The number of rotatable bonds is 11. The first-order valence-corrected chi connectivity index (χ1v) is 13.7. The second kappa shape index (κ2) is 14.4. The molecule has 2 aromatic heterocycles. The van der Waals surface area contributed by atoms with Gasteiger partial charge in [0.05, 0.1) is 12.1 Å². The molecule has 1 saturated carbocycles. The van der Waals surface area contributed by atoms with Crippen LogP contribution in [0.4, 0.5) is 29.6 Å². The van der Waals surface area contributed by atoms with Gasteiger partial charge in [0.2, 0.25) is 5.91 Å². The minimum Gasteiger partial charge on any atom is -0.406 e. The number of aryl methyl sites for hydroxylation is 2. The zero-order chi connectivity index (χ0) is 30.0. The molecule has 42 heavy (non-hydrogen) atoms. The summed E-state index contributed by atoms with van der Waals surface area (Å²) in [6, 6.07) is 9.88. The molecular weight excluding hydrogens is 555 g/mol. The molecule has 1 fully saturated rings. The summed E-state index contributed by atoms with van der Waals surface area (Å²) in [5, 5.41) is 16.2. The van der Waals surface area contributed by atoms with Gasteiger partial charge in [-0.15, -0.1) is 18.3 Å². The summed E-state index contributed by atoms with van der Waals surface area (Å²) in [6.07, 6.45) is 3.91. The lowest BCUT2D eigenvalue weighted by molar-refractivity contribution is -0.274. The summed E-state index contributed by atoms with van der Waals surface area (Å²) < 4.78 is 42.6. The molecule has 2 heterocycles. The summed E-state index contributed by atoms with van der Waals surface area (Å²) in [4.78, 5) is 40.8. The Morgan fingerprint density at radius 1 is 0.976 bits per heavy atom. The van der Waals surface area contributed by atoms with E-state index in [1.54, 1.807) is 24.4 Å². The predicted molar refractivity (Wildman–Crippen MR) is 148 cm³/mol. The highest BCUT2D eigenvalue weighted by Crippen LogP contribution is 2.23. The number of nitrogens with one attached hydrogen (secondary N) is 3. The van der Waals surface area contributed by atoms with Gasteiger partial charge in [0.25, 0.3) is 0 Å². The van der Waals surface area contributed by atoms with Gasteiger partial charge >= 0.3 is 18.1 Å². The quantitative estimate of drug-likeness (QED) is 0.279. The monoisotopic (exact) mass is 587 g/mol. The number of carbonyl (C=O) groups excluding carboxylic acids is 2. The number of hydrogen-bond acceptors (Lipinski definition) is 7. The summed E-state index contributed by atoms with van der Waals surface area (Å²) in [5.41, 5.74) is 0.586. The Hall–Kier alpha value is -4.49. The van der Waals surface area contributed by atoms with Crippen molar-refractivity contribution in [2.75, 3.05) is 10.6 Å². The molecule has 0 bridgehead atoms. The van der Waals surface area contributed by atoms with Gasteiger partial charge in [-0.2, -0.15) is 10.1 Å². The van der Waals surface area contributed by atoms with Crippen LogP contribution in [-0.4, -0.2) is 44.1 Å². The number of urea groups is 1. The summed E-state index contributed by atoms with van der Waals surface area (Å²) in [7, 11) is 0. The molecule has 11 nitrogen and oxygen atoms in total. The van der Waals surface area contributed by atoms with E-state index in [0.29, 0.717) is 37.1 Å². The third kappa shape index (κ3) is 10.2. The van der Waals surface area contributed by atoms with E-state index in [1.807, 2.05) is 0 Å². The molecule has 3 amide bonds. The minimum atomic E-state index is -4.81. The molecular formula is C28H32F3N7O4. The maximum Gasteiger partial charge on any atom is 0.573 e. The molecule has 1 aliphatic carbocycles. The Morgan fingerprint density at radius 2 is 1.79 bits per heavy atom. The van der Waals surface area contributed by atoms with E-state index in [0.717, 1.165) is 37.8 Å². The van der Waals surface area contributed by atoms with Crippen molar-refractivity contribution < 1.29 is 27.5 Å². The van der Waals surface area contributed by atoms with E-state index in [4.69, 9.17) is 0 Å². The largest absolute Gasteiger partial charge is 0.573 e. The number of benzene rings is 1. The normalized spacial score (nSPS) is 13.8. The lowest BCUT2D eigenvalue weighted by Gasteiger charge is -2.22. The van der Waals surface area contributed by atoms with Gasteiger partial charge in [-0.25, -0.2) is 9.59 Å². The lowest BCUT2D eigenvalue weighted by atomic mass is 9.96. The van der Waals surface area contributed by atoms with E-state index in [2.05, 4.69) is 35.9 Å². The Morgan fingerprint density at radius 3 is 2.50 bits per heavy atom. The van der Waals surface area contributed by atoms with Gasteiger partial charge < -0.3 is 15.4 Å². The zero-order valence-electron chi connectivity index (χ0n) is 22.8. The van der Waals surface area contributed by atoms with Crippen molar-refractivity contribution in [1.82, 2.24) is 25.1 Å². The number of hydrogen-bond donors (Lipinski definition) is 3. The van der Waals surface area contributed by atoms with Crippen molar-refractivity contribution in [3.63, 3.8) is 0 Å². The third-order valence-electron chi connectivity index (χ3n) is 6.62.